The van der Waals surface area contributed by atoms with Crippen LogP contribution in [0, 0.1) is 0 Å². The lowest BCUT2D eigenvalue weighted by molar-refractivity contribution is -0.116. The highest BCUT2D eigenvalue weighted by Gasteiger charge is 2.13. The lowest BCUT2D eigenvalue weighted by atomic mass is 10.1. The van der Waals surface area contributed by atoms with Gasteiger partial charge in [-0.15, -0.1) is 0 Å². The second kappa shape index (κ2) is 9.36. The van der Waals surface area contributed by atoms with Crippen LogP contribution in [0.3, 0.4) is 0 Å². The predicted octanol–water partition coefficient (Wildman–Crippen LogP) is 3.05. The van der Waals surface area contributed by atoms with E-state index in [0.29, 0.717) is 23.8 Å². The molecule has 0 unspecified atom stereocenters. The molecule has 2 rings (SSSR count). The Bertz CT molecular complexity index is 761. The molecule has 0 spiro atoms. The van der Waals surface area contributed by atoms with Crippen molar-refractivity contribution in [2.24, 2.45) is 0 Å². The highest BCUT2D eigenvalue weighted by atomic mass is 16.5. The average Bonchev–Trinajstić information content (AvgIpc) is 2.69. The van der Waals surface area contributed by atoms with Crippen LogP contribution < -0.4 is 24.3 Å². The van der Waals surface area contributed by atoms with Crippen molar-refractivity contribution in [1.82, 2.24) is 5.32 Å². The van der Waals surface area contributed by atoms with Crippen molar-refractivity contribution < 1.29 is 23.7 Å². The van der Waals surface area contributed by atoms with Crippen LogP contribution >= 0.6 is 0 Å². The number of nitrogens with one attached hydrogen (secondary N) is 1. The van der Waals surface area contributed by atoms with Crippen LogP contribution in [0.15, 0.2) is 42.5 Å². The van der Waals surface area contributed by atoms with Gasteiger partial charge < -0.3 is 24.3 Å². The van der Waals surface area contributed by atoms with E-state index in [0.717, 1.165) is 16.9 Å². The zero-order valence-corrected chi connectivity index (χ0v) is 15.4. The molecule has 26 heavy (non-hydrogen) atoms. The van der Waals surface area contributed by atoms with E-state index in [-0.39, 0.29) is 5.91 Å². The van der Waals surface area contributed by atoms with Crippen molar-refractivity contribution in [2.75, 3.05) is 28.4 Å². The third kappa shape index (κ3) is 4.92. The summed E-state index contributed by atoms with van der Waals surface area (Å²) in [6, 6.07) is 11.1. The fourth-order valence-corrected chi connectivity index (χ4v) is 2.40. The molecule has 6 heteroatoms. The van der Waals surface area contributed by atoms with Gasteiger partial charge in [0.05, 0.1) is 28.4 Å². The van der Waals surface area contributed by atoms with E-state index in [1.165, 1.54) is 6.08 Å². The summed E-state index contributed by atoms with van der Waals surface area (Å²) in [6.45, 7) is 0.331. The first-order valence-electron chi connectivity index (χ1n) is 8.00. The molecule has 0 aliphatic rings. The molecular weight excluding hydrogens is 334 g/mol. The Labute approximate surface area is 153 Å². The molecule has 0 bridgehead atoms. The maximum atomic E-state index is 12.1. The second-order valence-corrected chi connectivity index (χ2v) is 5.36. The molecule has 2 aromatic rings. The van der Waals surface area contributed by atoms with Crippen LogP contribution in [0.4, 0.5) is 0 Å². The first-order valence-corrected chi connectivity index (χ1v) is 8.00. The van der Waals surface area contributed by atoms with Gasteiger partial charge in [0.2, 0.25) is 11.7 Å². The lowest BCUT2D eigenvalue weighted by Crippen LogP contribution is -2.20. The summed E-state index contributed by atoms with van der Waals surface area (Å²) in [5.74, 6) is 2.14. The maximum Gasteiger partial charge on any atom is 0.244 e. The van der Waals surface area contributed by atoms with E-state index < -0.39 is 0 Å². The number of methoxy groups -OCH3 is 4. The monoisotopic (exact) mass is 357 g/mol. The Kier molecular flexibility index (Phi) is 6.91. The minimum Gasteiger partial charge on any atom is -0.497 e. The second-order valence-electron chi connectivity index (χ2n) is 5.36. The third-order valence-corrected chi connectivity index (χ3v) is 3.71. The molecule has 2 aromatic carbocycles. The Morgan fingerprint density at radius 2 is 1.65 bits per heavy atom. The molecule has 0 radical (unpaired) electrons. The number of hydrogen-bond acceptors (Lipinski definition) is 5. The molecule has 1 N–H and O–H groups in total. The highest BCUT2D eigenvalue weighted by molar-refractivity contribution is 5.91. The van der Waals surface area contributed by atoms with Gasteiger partial charge in [0, 0.05) is 12.6 Å². The van der Waals surface area contributed by atoms with Crippen LogP contribution in [-0.2, 0) is 11.3 Å². The number of carbonyl (C=O) groups excluding carboxylic acids is 1. The maximum absolute atomic E-state index is 12.1. The fourth-order valence-electron chi connectivity index (χ4n) is 2.40. The SMILES string of the molecule is COc1cccc(/C=C/C(=O)NCc2cc(OC)c(OC)c(OC)c2)c1. The molecular formula is C20H23NO5. The largest absolute Gasteiger partial charge is 0.497 e. The van der Waals surface area contributed by atoms with Gasteiger partial charge in [-0.1, -0.05) is 12.1 Å². The van der Waals surface area contributed by atoms with Gasteiger partial charge in [0.15, 0.2) is 11.5 Å². The fraction of sp³-hybridized carbons (Fsp3) is 0.250. The average molecular weight is 357 g/mol. The molecule has 0 saturated heterocycles. The molecule has 0 heterocycles. The van der Waals surface area contributed by atoms with Crippen LogP contribution in [0.2, 0.25) is 0 Å². The number of hydrogen-bond donors (Lipinski definition) is 1. The zero-order valence-electron chi connectivity index (χ0n) is 15.4. The van der Waals surface area contributed by atoms with E-state index >= 15 is 0 Å². The molecule has 0 fully saturated rings. The number of rotatable bonds is 8. The van der Waals surface area contributed by atoms with Crippen LogP contribution in [-0.4, -0.2) is 34.3 Å². The molecule has 6 nitrogen and oxygen atoms in total. The molecule has 0 aliphatic heterocycles. The van der Waals surface area contributed by atoms with Crippen molar-refractivity contribution in [3.05, 3.63) is 53.6 Å². The number of carbonyl (C=O) groups is 1. The Morgan fingerprint density at radius 3 is 2.23 bits per heavy atom. The normalized spacial score (nSPS) is 10.5. The standard InChI is InChI=1S/C20H23NO5/c1-23-16-7-5-6-14(10-16)8-9-19(22)21-13-15-11-17(24-2)20(26-4)18(12-15)25-3/h5-12H,13H2,1-4H3,(H,21,22)/b9-8+. The Hall–Kier alpha value is -3.15. The molecule has 0 aromatic heterocycles. The number of amides is 1. The summed E-state index contributed by atoms with van der Waals surface area (Å²) in [5, 5.41) is 2.83. The van der Waals surface area contributed by atoms with Gasteiger partial charge >= 0.3 is 0 Å². The summed E-state index contributed by atoms with van der Waals surface area (Å²) in [7, 11) is 6.26. The summed E-state index contributed by atoms with van der Waals surface area (Å²) >= 11 is 0. The van der Waals surface area contributed by atoms with Gasteiger partial charge in [-0.2, -0.15) is 0 Å². The Balaban J connectivity index is 2.03. The first kappa shape index (κ1) is 19.2. The van der Waals surface area contributed by atoms with Crippen molar-refractivity contribution in [3.63, 3.8) is 0 Å². The van der Waals surface area contributed by atoms with Gasteiger partial charge in [-0.25, -0.2) is 0 Å². The third-order valence-electron chi connectivity index (χ3n) is 3.71. The first-order chi connectivity index (χ1) is 12.6. The van der Waals surface area contributed by atoms with E-state index in [2.05, 4.69) is 5.32 Å². The van der Waals surface area contributed by atoms with Crippen molar-refractivity contribution in [3.8, 4) is 23.0 Å². The summed E-state index contributed by atoms with van der Waals surface area (Å²) in [4.78, 5) is 12.1. The summed E-state index contributed by atoms with van der Waals surface area (Å²) < 4.78 is 21.1. The lowest BCUT2D eigenvalue weighted by Gasteiger charge is -2.14. The van der Waals surface area contributed by atoms with E-state index in [9.17, 15) is 4.79 Å². The van der Waals surface area contributed by atoms with Crippen molar-refractivity contribution in [1.29, 1.82) is 0 Å². The smallest absolute Gasteiger partial charge is 0.244 e. The van der Waals surface area contributed by atoms with Gasteiger partial charge in [-0.3, -0.25) is 4.79 Å². The zero-order chi connectivity index (χ0) is 18.9. The summed E-state index contributed by atoms with van der Waals surface area (Å²) in [6.07, 6.45) is 3.21. The topological polar surface area (TPSA) is 66.0 Å². The van der Waals surface area contributed by atoms with Gasteiger partial charge in [0.1, 0.15) is 5.75 Å². The molecule has 1 amide bonds. The van der Waals surface area contributed by atoms with E-state index in [1.807, 2.05) is 24.3 Å². The number of ether oxygens (including phenoxy) is 4. The van der Waals surface area contributed by atoms with E-state index in [4.69, 9.17) is 18.9 Å². The van der Waals surface area contributed by atoms with Crippen LogP contribution in [0.25, 0.3) is 6.08 Å². The van der Waals surface area contributed by atoms with Gasteiger partial charge in [-0.05, 0) is 41.5 Å². The van der Waals surface area contributed by atoms with Crippen molar-refractivity contribution >= 4 is 12.0 Å². The number of benzene rings is 2. The predicted molar refractivity (Wildman–Crippen MR) is 100.0 cm³/mol. The van der Waals surface area contributed by atoms with Crippen molar-refractivity contribution in [2.45, 2.75) is 6.54 Å². The Morgan fingerprint density at radius 1 is 0.962 bits per heavy atom. The van der Waals surface area contributed by atoms with E-state index in [1.54, 1.807) is 46.6 Å². The molecule has 0 atom stereocenters. The minimum atomic E-state index is -0.207. The molecule has 138 valence electrons. The molecule has 0 aliphatic carbocycles. The quantitative estimate of drug-likeness (QED) is 0.736. The van der Waals surface area contributed by atoms with Crippen LogP contribution in [0.1, 0.15) is 11.1 Å². The highest BCUT2D eigenvalue weighted by Crippen LogP contribution is 2.38. The van der Waals surface area contributed by atoms with Crippen LogP contribution in [0.5, 0.6) is 23.0 Å². The van der Waals surface area contributed by atoms with Gasteiger partial charge in [0.25, 0.3) is 0 Å². The molecule has 0 saturated carbocycles. The summed E-state index contributed by atoms with van der Waals surface area (Å²) in [5.41, 5.74) is 1.72. The minimum absolute atomic E-state index is 0.207.